The molecule has 0 fully saturated rings. The van der Waals surface area contributed by atoms with Crippen LogP contribution in [0.2, 0.25) is 18.1 Å². The second-order valence-electron chi connectivity index (χ2n) is 4.82. The zero-order valence-corrected chi connectivity index (χ0v) is 13.5. The van der Waals surface area contributed by atoms with Gasteiger partial charge in [0, 0.05) is 0 Å². The molecule has 1 N–H and O–H groups in total. The van der Waals surface area contributed by atoms with E-state index in [0.29, 0.717) is 0 Å². The standard InChI is InChI=1S/C15H30O2Si/c1-6-10-11-12-15(14(5)13-16)17-18(7-2,8-3)9-4/h11-12,15-16H,5-10,13H2,1-4H3/b12-11+/t15-/m1/s1. The summed E-state index contributed by atoms with van der Waals surface area (Å²) in [4.78, 5) is 0. The minimum Gasteiger partial charge on any atom is -0.407 e. The topological polar surface area (TPSA) is 29.5 Å². The van der Waals surface area contributed by atoms with E-state index in [1.807, 2.05) is 0 Å². The van der Waals surface area contributed by atoms with E-state index in [4.69, 9.17) is 4.43 Å². The van der Waals surface area contributed by atoms with Crippen LogP contribution in [0, 0.1) is 0 Å². The molecule has 18 heavy (non-hydrogen) atoms. The Bertz CT molecular complexity index is 249. The van der Waals surface area contributed by atoms with Gasteiger partial charge in [0.2, 0.25) is 0 Å². The fraction of sp³-hybridized carbons (Fsp3) is 0.733. The Hall–Kier alpha value is -0.383. The van der Waals surface area contributed by atoms with Gasteiger partial charge in [-0.2, -0.15) is 0 Å². The number of unbranched alkanes of at least 4 members (excludes halogenated alkanes) is 1. The molecule has 0 aliphatic heterocycles. The molecular weight excluding hydrogens is 240 g/mol. The highest BCUT2D eigenvalue weighted by atomic mass is 28.4. The highest BCUT2D eigenvalue weighted by Crippen LogP contribution is 2.25. The largest absolute Gasteiger partial charge is 0.407 e. The Morgan fingerprint density at radius 1 is 1.22 bits per heavy atom. The van der Waals surface area contributed by atoms with Gasteiger partial charge < -0.3 is 9.53 Å². The van der Waals surface area contributed by atoms with E-state index < -0.39 is 8.32 Å². The maximum absolute atomic E-state index is 9.28. The molecule has 0 saturated carbocycles. The van der Waals surface area contributed by atoms with Crippen molar-refractivity contribution in [3.63, 3.8) is 0 Å². The van der Waals surface area contributed by atoms with Crippen molar-refractivity contribution in [3.05, 3.63) is 24.3 Å². The summed E-state index contributed by atoms with van der Waals surface area (Å²) >= 11 is 0. The summed E-state index contributed by atoms with van der Waals surface area (Å²) in [5.74, 6) is 0. The number of allylic oxidation sites excluding steroid dienone is 1. The van der Waals surface area contributed by atoms with Gasteiger partial charge in [0.15, 0.2) is 8.32 Å². The fourth-order valence-electron chi connectivity index (χ4n) is 2.00. The lowest BCUT2D eigenvalue weighted by Gasteiger charge is -2.32. The molecule has 106 valence electrons. The van der Waals surface area contributed by atoms with E-state index in [2.05, 4.69) is 46.4 Å². The van der Waals surface area contributed by atoms with Crippen molar-refractivity contribution in [2.75, 3.05) is 6.61 Å². The van der Waals surface area contributed by atoms with Crippen molar-refractivity contribution in [2.24, 2.45) is 0 Å². The van der Waals surface area contributed by atoms with Gasteiger partial charge in [0.1, 0.15) is 0 Å². The summed E-state index contributed by atoms with van der Waals surface area (Å²) in [5.41, 5.74) is 0.773. The summed E-state index contributed by atoms with van der Waals surface area (Å²) in [6.45, 7) is 12.7. The molecule has 0 aromatic rings. The Morgan fingerprint density at radius 3 is 2.17 bits per heavy atom. The molecule has 2 nitrogen and oxygen atoms in total. The van der Waals surface area contributed by atoms with Crippen molar-refractivity contribution in [1.82, 2.24) is 0 Å². The van der Waals surface area contributed by atoms with E-state index >= 15 is 0 Å². The lowest BCUT2D eigenvalue weighted by molar-refractivity contribution is 0.234. The maximum atomic E-state index is 9.28. The third kappa shape index (κ3) is 5.51. The van der Waals surface area contributed by atoms with Crippen molar-refractivity contribution in [3.8, 4) is 0 Å². The van der Waals surface area contributed by atoms with E-state index in [-0.39, 0.29) is 12.7 Å². The predicted molar refractivity (Wildman–Crippen MR) is 82.3 cm³/mol. The van der Waals surface area contributed by atoms with Crippen molar-refractivity contribution in [2.45, 2.75) is 64.8 Å². The van der Waals surface area contributed by atoms with Gasteiger partial charge in [-0.1, -0.05) is 52.8 Å². The van der Waals surface area contributed by atoms with Crippen LogP contribution in [0.25, 0.3) is 0 Å². The van der Waals surface area contributed by atoms with Crippen LogP contribution in [-0.4, -0.2) is 26.1 Å². The molecule has 0 radical (unpaired) electrons. The number of hydrogen-bond donors (Lipinski definition) is 1. The normalized spacial score (nSPS) is 14.1. The molecule has 0 saturated heterocycles. The Labute approximate surface area is 114 Å². The number of rotatable bonds is 10. The molecular formula is C15H30O2Si. The average Bonchev–Trinajstić information content (AvgIpc) is 2.42. The molecule has 0 spiro atoms. The molecule has 0 aromatic heterocycles. The third-order valence-corrected chi connectivity index (χ3v) is 8.30. The van der Waals surface area contributed by atoms with Crippen LogP contribution < -0.4 is 0 Å². The second kappa shape index (κ2) is 9.53. The predicted octanol–water partition coefficient (Wildman–Crippen LogP) is 4.28. The molecule has 0 heterocycles. The fourth-order valence-corrected chi connectivity index (χ4v) is 4.79. The van der Waals surface area contributed by atoms with Gasteiger partial charge in [-0.25, -0.2) is 0 Å². The SMILES string of the molecule is C=C(CO)[C@@H](/C=C/CCC)O[Si](CC)(CC)CC. The van der Waals surface area contributed by atoms with E-state index in [0.717, 1.165) is 36.5 Å². The zero-order valence-electron chi connectivity index (χ0n) is 12.5. The lowest BCUT2D eigenvalue weighted by atomic mass is 10.1. The van der Waals surface area contributed by atoms with Crippen molar-refractivity contribution < 1.29 is 9.53 Å². The summed E-state index contributed by atoms with van der Waals surface area (Å²) in [7, 11) is -1.64. The highest BCUT2D eigenvalue weighted by Gasteiger charge is 2.31. The van der Waals surface area contributed by atoms with Gasteiger partial charge in [0.05, 0.1) is 12.7 Å². The first kappa shape index (κ1) is 17.6. The van der Waals surface area contributed by atoms with Gasteiger partial charge in [0.25, 0.3) is 0 Å². The first-order valence-electron chi connectivity index (χ1n) is 7.22. The number of aliphatic hydroxyl groups excluding tert-OH is 1. The Balaban J connectivity index is 4.80. The Kier molecular flexibility index (Phi) is 9.33. The molecule has 0 aliphatic rings. The molecule has 1 atom stereocenters. The molecule has 0 aliphatic carbocycles. The van der Waals surface area contributed by atoms with Crippen LogP contribution in [-0.2, 0) is 4.43 Å². The minimum atomic E-state index is -1.64. The maximum Gasteiger partial charge on any atom is 0.193 e. The molecule has 0 rings (SSSR count). The molecule has 0 bridgehead atoms. The smallest absolute Gasteiger partial charge is 0.193 e. The molecule has 0 aromatic carbocycles. The number of hydrogen-bond acceptors (Lipinski definition) is 2. The summed E-state index contributed by atoms with van der Waals surface area (Å²) < 4.78 is 6.38. The van der Waals surface area contributed by atoms with Crippen LogP contribution >= 0.6 is 0 Å². The average molecular weight is 270 g/mol. The van der Waals surface area contributed by atoms with Crippen LogP contribution in [0.5, 0.6) is 0 Å². The van der Waals surface area contributed by atoms with E-state index in [9.17, 15) is 5.11 Å². The van der Waals surface area contributed by atoms with Crippen LogP contribution in [0.3, 0.4) is 0 Å². The monoisotopic (exact) mass is 270 g/mol. The molecule has 0 amide bonds. The molecule has 3 heteroatoms. The van der Waals surface area contributed by atoms with Gasteiger partial charge >= 0.3 is 0 Å². The van der Waals surface area contributed by atoms with E-state index in [1.54, 1.807) is 0 Å². The quantitative estimate of drug-likeness (QED) is 0.474. The number of aliphatic hydroxyl groups is 1. The first-order valence-corrected chi connectivity index (χ1v) is 9.75. The van der Waals surface area contributed by atoms with Crippen molar-refractivity contribution >= 4 is 8.32 Å². The van der Waals surface area contributed by atoms with Gasteiger partial charge in [-0.3, -0.25) is 0 Å². The Morgan fingerprint density at radius 2 is 1.78 bits per heavy atom. The lowest BCUT2D eigenvalue weighted by Crippen LogP contribution is -2.40. The second-order valence-corrected chi connectivity index (χ2v) is 9.54. The van der Waals surface area contributed by atoms with Crippen LogP contribution in [0.15, 0.2) is 24.3 Å². The molecule has 0 unspecified atom stereocenters. The van der Waals surface area contributed by atoms with E-state index in [1.165, 1.54) is 0 Å². The minimum absolute atomic E-state index is 0.00273. The first-order chi connectivity index (χ1) is 8.59. The van der Waals surface area contributed by atoms with Gasteiger partial charge in [-0.15, -0.1) is 0 Å². The van der Waals surface area contributed by atoms with Gasteiger partial charge in [-0.05, 0) is 30.1 Å². The summed E-state index contributed by atoms with van der Waals surface area (Å²) in [6.07, 6.45) is 6.30. The summed E-state index contributed by atoms with van der Waals surface area (Å²) in [6, 6.07) is 3.37. The van der Waals surface area contributed by atoms with Crippen LogP contribution in [0.4, 0.5) is 0 Å². The highest BCUT2D eigenvalue weighted by molar-refractivity contribution is 6.73. The third-order valence-electron chi connectivity index (χ3n) is 3.68. The summed E-state index contributed by atoms with van der Waals surface area (Å²) in [5, 5.41) is 9.28. The zero-order chi connectivity index (χ0) is 14.0. The van der Waals surface area contributed by atoms with Crippen molar-refractivity contribution in [1.29, 1.82) is 0 Å². The van der Waals surface area contributed by atoms with Crippen LogP contribution in [0.1, 0.15) is 40.5 Å².